The lowest BCUT2D eigenvalue weighted by Crippen LogP contribution is -2.45. The minimum Gasteiger partial charge on any atom is -0.394 e. The summed E-state index contributed by atoms with van der Waals surface area (Å²) < 4.78 is 0. The molecule has 0 fully saturated rings. The number of amides is 1. The van der Waals surface area contributed by atoms with Crippen molar-refractivity contribution in [1.29, 1.82) is 0 Å². The van der Waals surface area contributed by atoms with Crippen molar-refractivity contribution in [3.8, 4) is 0 Å². The van der Waals surface area contributed by atoms with E-state index >= 15 is 0 Å². The summed E-state index contributed by atoms with van der Waals surface area (Å²) in [5.41, 5.74) is 0. The van der Waals surface area contributed by atoms with Gasteiger partial charge in [0.1, 0.15) is 0 Å². The summed E-state index contributed by atoms with van der Waals surface area (Å²) in [5.74, 6) is -0.0494. The Labute approximate surface area is 211 Å². The third-order valence-electron chi connectivity index (χ3n) is 6.47. The predicted octanol–water partition coefficient (Wildman–Crippen LogP) is 7.78. The Hall–Kier alpha value is -1.13. The summed E-state index contributed by atoms with van der Waals surface area (Å²) in [6, 6.07) is -0.533. The number of unbranched alkanes of at least 4 members (excludes halogenated alkanes) is 14. The van der Waals surface area contributed by atoms with Crippen LogP contribution in [0.2, 0.25) is 0 Å². The Morgan fingerprint density at radius 3 is 1.82 bits per heavy atom. The number of carbonyl (C=O) groups is 1. The minimum absolute atomic E-state index is 0.0494. The highest BCUT2D eigenvalue weighted by molar-refractivity contribution is 5.76. The number of rotatable bonds is 25. The van der Waals surface area contributed by atoms with E-state index in [0.717, 1.165) is 32.1 Å². The first-order valence-corrected chi connectivity index (χ1v) is 14.5. The zero-order chi connectivity index (χ0) is 25.1. The highest BCUT2D eigenvalue weighted by Crippen LogP contribution is 2.12. The van der Waals surface area contributed by atoms with Crippen LogP contribution in [0.4, 0.5) is 0 Å². The van der Waals surface area contributed by atoms with Gasteiger partial charge in [0.15, 0.2) is 0 Å². The number of hydrogen-bond acceptors (Lipinski definition) is 3. The molecule has 0 bridgehead atoms. The van der Waals surface area contributed by atoms with Crippen LogP contribution in [0.5, 0.6) is 0 Å². The van der Waals surface area contributed by atoms with E-state index in [0.29, 0.717) is 12.8 Å². The summed E-state index contributed by atoms with van der Waals surface area (Å²) in [6.45, 7) is 4.23. The van der Waals surface area contributed by atoms with Gasteiger partial charge in [-0.15, -0.1) is 0 Å². The number of aliphatic hydroxyl groups excluding tert-OH is 2. The summed E-state index contributed by atoms with van der Waals surface area (Å²) >= 11 is 0. The highest BCUT2D eigenvalue weighted by atomic mass is 16.3. The molecule has 0 aliphatic rings. The molecule has 0 spiro atoms. The van der Waals surface area contributed by atoms with Gasteiger partial charge in [-0.3, -0.25) is 4.79 Å². The first-order chi connectivity index (χ1) is 16.7. The van der Waals surface area contributed by atoms with Crippen molar-refractivity contribution < 1.29 is 15.0 Å². The van der Waals surface area contributed by atoms with E-state index < -0.39 is 12.1 Å². The van der Waals surface area contributed by atoms with Crippen molar-refractivity contribution in [3.05, 3.63) is 24.3 Å². The van der Waals surface area contributed by atoms with E-state index in [1.807, 2.05) is 0 Å². The molecule has 200 valence electrons. The molecule has 0 saturated carbocycles. The molecule has 4 nitrogen and oxygen atoms in total. The Balaban J connectivity index is 3.57. The second-order valence-corrected chi connectivity index (χ2v) is 9.81. The van der Waals surface area contributed by atoms with Gasteiger partial charge in [0.05, 0.1) is 18.8 Å². The van der Waals surface area contributed by atoms with Crippen LogP contribution in [0.15, 0.2) is 24.3 Å². The van der Waals surface area contributed by atoms with E-state index in [1.54, 1.807) is 0 Å². The molecule has 0 aromatic carbocycles. The van der Waals surface area contributed by atoms with Gasteiger partial charge in [0.25, 0.3) is 0 Å². The molecule has 4 heteroatoms. The molecule has 0 rings (SSSR count). The van der Waals surface area contributed by atoms with Crippen molar-refractivity contribution in [2.75, 3.05) is 6.61 Å². The van der Waals surface area contributed by atoms with E-state index in [-0.39, 0.29) is 12.5 Å². The van der Waals surface area contributed by atoms with Crippen LogP contribution >= 0.6 is 0 Å². The quantitative estimate of drug-likeness (QED) is 0.0924. The first kappa shape index (κ1) is 32.9. The van der Waals surface area contributed by atoms with E-state index in [4.69, 9.17) is 0 Å². The van der Waals surface area contributed by atoms with E-state index in [9.17, 15) is 15.0 Å². The van der Waals surface area contributed by atoms with Crippen LogP contribution in [0.25, 0.3) is 0 Å². The summed E-state index contributed by atoms with van der Waals surface area (Å²) in [5, 5.41) is 22.6. The standard InChI is InChI=1S/C30H57NO3/c1-3-5-7-9-10-11-12-13-14-15-16-17-18-19-20-22-24-26-30(34)31-28(27-32)29(33)25-23-21-8-6-4-2/h10-11,13-14,28-29,32-33H,3-9,12,15-27H2,1-2H3,(H,31,34)/b11-10-,14-13-. The van der Waals surface area contributed by atoms with Crippen LogP contribution in [0.1, 0.15) is 142 Å². The second-order valence-electron chi connectivity index (χ2n) is 9.81. The topological polar surface area (TPSA) is 69.6 Å². The molecule has 2 atom stereocenters. The smallest absolute Gasteiger partial charge is 0.220 e. The van der Waals surface area contributed by atoms with Crippen LogP contribution in [0, 0.1) is 0 Å². The molecule has 1 amide bonds. The Bertz CT molecular complexity index is 489. The summed E-state index contributed by atoms with van der Waals surface area (Å²) in [7, 11) is 0. The Morgan fingerprint density at radius 1 is 0.706 bits per heavy atom. The Morgan fingerprint density at radius 2 is 1.21 bits per heavy atom. The summed E-state index contributed by atoms with van der Waals surface area (Å²) in [6.07, 6.45) is 30.9. The van der Waals surface area contributed by atoms with Gasteiger partial charge < -0.3 is 15.5 Å². The number of aliphatic hydroxyl groups is 2. The molecule has 0 aliphatic heterocycles. The SMILES string of the molecule is CCCCC/C=C\C/C=C\CCCCCCCCCC(=O)NC(CO)C(O)CCCCCCC. The molecular weight excluding hydrogens is 422 g/mol. The Kier molecular flexibility index (Phi) is 25.6. The third kappa shape index (κ3) is 22.7. The minimum atomic E-state index is -0.655. The normalized spacial score (nSPS) is 13.6. The van der Waals surface area contributed by atoms with Crippen LogP contribution in [-0.4, -0.2) is 34.9 Å². The maximum absolute atomic E-state index is 12.1. The van der Waals surface area contributed by atoms with Crippen molar-refractivity contribution in [1.82, 2.24) is 5.32 Å². The van der Waals surface area contributed by atoms with Crippen LogP contribution in [-0.2, 0) is 4.79 Å². The van der Waals surface area contributed by atoms with E-state index in [2.05, 4.69) is 43.5 Å². The van der Waals surface area contributed by atoms with Crippen LogP contribution < -0.4 is 5.32 Å². The molecule has 2 unspecified atom stereocenters. The fourth-order valence-electron chi connectivity index (χ4n) is 4.15. The molecule has 0 aliphatic carbocycles. The number of nitrogens with one attached hydrogen (secondary N) is 1. The predicted molar refractivity (Wildman–Crippen MR) is 147 cm³/mol. The van der Waals surface area contributed by atoms with Gasteiger partial charge in [-0.2, -0.15) is 0 Å². The second kappa shape index (κ2) is 26.5. The van der Waals surface area contributed by atoms with Crippen LogP contribution in [0.3, 0.4) is 0 Å². The molecule has 0 saturated heterocycles. The van der Waals surface area contributed by atoms with Crippen molar-refractivity contribution in [3.63, 3.8) is 0 Å². The lowest BCUT2D eigenvalue weighted by molar-refractivity contribution is -0.123. The van der Waals surface area contributed by atoms with Gasteiger partial charge in [-0.1, -0.05) is 115 Å². The molecule has 0 radical (unpaired) electrons. The zero-order valence-electron chi connectivity index (χ0n) is 22.6. The summed E-state index contributed by atoms with van der Waals surface area (Å²) in [4.78, 5) is 12.1. The third-order valence-corrected chi connectivity index (χ3v) is 6.47. The first-order valence-electron chi connectivity index (χ1n) is 14.5. The highest BCUT2D eigenvalue weighted by Gasteiger charge is 2.19. The maximum atomic E-state index is 12.1. The van der Waals surface area contributed by atoms with Gasteiger partial charge in [-0.05, 0) is 44.9 Å². The van der Waals surface area contributed by atoms with Crippen molar-refractivity contribution >= 4 is 5.91 Å². The number of carbonyl (C=O) groups excluding carboxylic acids is 1. The maximum Gasteiger partial charge on any atom is 0.220 e. The molecule has 3 N–H and O–H groups in total. The van der Waals surface area contributed by atoms with Crippen molar-refractivity contribution in [2.24, 2.45) is 0 Å². The average Bonchev–Trinajstić information content (AvgIpc) is 2.84. The number of allylic oxidation sites excluding steroid dienone is 4. The molecular formula is C30H57NO3. The van der Waals surface area contributed by atoms with Gasteiger partial charge in [-0.25, -0.2) is 0 Å². The van der Waals surface area contributed by atoms with Gasteiger partial charge >= 0.3 is 0 Å². The van der Waals surface area contributed by atoms with E-state index in [1.165, 1.54) is 83.5 Å². The van der Waals surface area contributed by atoms with Crippen molar-refractivity contribution in [2.45, 2.75) is 154 Å². The molecule has 0 aromatic rings. The zero-order valence-corrected chi connectivity index (χ0v) is 22.6. The largest absolute Gasteiger partial charge is 0.394 e. The molecule has 0 heterocycles. The fourth-order valence-corrected chi connectivity index (χ4v) is 4.15. The van der Waals surface area contributed by atoms with Gasteiger partial charge in [0.2, 0.25) is 5.91 Å². The fraction of sp³-hybridized carbons (Fsp3) is 0.833. The monoisotopic (exact) mass is 479 g/mol. The molecule has 0 aromatic heterocycles. The van der Waals surface area contributed by atoms with Gasteiger partial charge in [0, 0.05) is 6.42 Å². The number of hydrogen-bond donors (Lipinski definition) is 3. The molecule has 34 heavy (non-hydrogen) atoms. The average molecular weight is 480 g/mol. The lowest BCUT2D eigenvalue weighted by Gasteiger charge is -2.22. The lowest BCUT2D eigenvalue weighted by atomic mass is 10.0.